The van der Waals surface area contributed by atoms with Crippen LogP contribution < -0.4 is 10.6 Å². The lowest BCUT2D eigenvalue weighted by atomic mass is 10.1. The smallest absolute Gasteiger partial charge is 0.335 e. The predicted molar refractivity (Wildman–Crippen MR) is 59.3 cm³/mol. The summed E-state index contributed by atoms with van der Waals surface area (Å²) < 4.78 is 0. The first kappa shape index (κ1) is 12.0. The number of carbonyl (C=O) groups excluding carboxylic acids is 1. The molecule has 0 aliphatic carbocycles. The van der Waals surface area contributed by atoms with Gasteiger partial charge in [0.05, 0.1) is 5.56 Å². The molecule has 3 N–H and O–H groups in total. The molecule has 0 heterocycles. The maximum absolute atomic E-state index is 11.1. The third-order valence-corrected chi connectivity index (χ3v) is 1.96. The van der Waals surface area contributed by atoms with E-state index >= 15 is 0 Å². The Morgan fingerprint density at radius 1 is 1.31 bits per heavy atom. The normalized spacial score (nSPS) is 9.56. The Labute approximate surface area is 93.5 Å². The molecule has 16 heavy (non-hydrogen) atoms. The van der Waals surface area contributed by atoms with E-state index in [2.05, 4.69) is 10.6 Å². The SMILES string of the molecule is CCNC(=O)NCc1cccc(C(=O)O)c1. The fourth-order valence-electron chi connectivity index (χ4n) is 1.22. The highest BCUT2D eigenvalue weighted by atomic mass is 16.4. The third-order valence-electron chi connectivity index (χ3n) is 1.96. The first-order valence-electron chi connectivity index (χ1n) is 4.97. The van der Waals surface area contributed by atoms with Crippen molar-refractivity contribution in [2.24, 2.45) is 0 Å². The summed E-state index contributed by atoms with van der Waals surface area (Å²) in [7, 11) is 0. The fraction of sp³-hybridized carbons (Fsp3) is 0.273. The van der Waals surface area contributed by atoms with E-state index in [0.717, 1.165) is 5.56 Å². The third kappa shape index (κ3) is 3.61. The van der Waals surface area contributed by atoms with E-state index in [0.29, 0.717) is 13.1 Å². The molecule has 0 spiro atoms. The first-order chi connectivity index (χ1) is 7.63. The summed E-state index contributed by atoms with van der Waals surface area (Å²) >= 11 is 0. The quantitative estimate of drug-likeness (QED) is 0.716. The molecular weight excluding hydrogens is 208 g/mol. The number of benzene rings is 1. The number of amides is 2. The molecule has 0 unspecified atom stereocenters. The Hall–Kier alpha value is -2.04. The van der Waals surface area contributed by atoms with Crippen LogP contribution >= 0.6 is 0 Å². The lowest BCUT2D eigenvalue weighted by Gasteiger charge is -2.06. The van der Waals surface area contributed by atoms with Crippen molar-refractivity contribution in [3.8, 4) is 0 Å². The van der Waals surface area contributed by atoms with Gasteiger partial charge in [-0.25, -0.2) is 9.59 Å². The van der Waals surface area contributed by atoms with Gasteiger partial charge in [0, 0.05) is 13.1 Å². The summed E-state index contributed by atoms with van der Waals surface area (Å²) in [5.41, 5.74) is 0.973. The lowest BCUT2D eigenvalue weighted by Crippen LogP contribution is -2.34. The van der Waals surface area contributed by atoms with Crippen molar-refractivity contribution in [1.82, 2.24) is 10.6 Å². The van der Waals surface area contributed by atoms with Gasteiger partial charge in [0.15, 0.2) is 0 Å². The van der Waals surface area contributed by atoms with Gasteiger partial charge in [0.2, 0.25) is 0 Å². The number of nitrogens with one attached hydrogen (secondary N) is 2. The van der Waals surface area contributed by atoms with Crippen molar-refractivity contribution in [1.29, 1.82) is 0 Å². The summed E-state index contributed by atoms with van der Waals surface area (Å²) in [6, 6.07) is 6.20. The van der Waals surface area contributed by atoms with E-state index in [-0.39, 0.29) is 11.6 Å². The van der Waals surface area contributed by atoms with Crippen LogP contribution in [0.5, 0.6) is 0 Å². The molecule has 0 atom stereocenters. The van der Waals surface area contributed by atoms with Crippen molar-refractivity contribution in [2.75, 3.05) is 6.54 Å². The van der Waals surface area contributed by atoms with E-state index in [1.807, 2.05) is 6.92 Å². The Morgan fingerprint density at radius 3 is 2.69 bits per heavy atom. The Bertz CT molecular complexity index is 391. The molecule has 0 radical (unpaired) electrons. The van der Waals surface area contributed by atoms with Crippen LogP contribution in [-0.2, 0) is 6.54 Å². The minimum Gasteiger partial charge on any atom is -0.478 e. The molecule has 0 bridgehead atoms. The van der Waals surface area contributed by atoms with E-state index < -0.39 is 5.97 Å². The Kier molecular flexibility index (Phi) is 4.32. The Balaban J connectivity index is 2.57. The molecule has 1 aromatic carbocycles. The number of hydrogen-bond acceptors (Lipinski definition) is 2. The van der Waals surface area contributed by atoms with Gasteiger partial charge in [-0.1, -0.05) is 12.1 Å². The van der Waals surface area contributed by atoms with Crippen LogP contribution in [0.3, 0.4) is 0 Å². The average Bonchev–Trinajstić information content (AvgIpc) is 2.27. The van der Waals surface area contributed by atoms with Crippen LogP contribution in [0.4, 0.5) is 4.79 Å². The van der Waals surface area contributed by atoms with Crippen LogP contribution in [0.25, 0.3) is 0 Å². The van der Waals surface area contributed by atoms with Crippen LogP contribution in [0.1, 0.15) is 22.8 Å². The van der Waals surface area contributed by atoms with Crippen LogP contribution in [0, 0.1) is 0 Å². The van der Waals surface area contributed by atoms with Crippen LogP contribution in [-0.4, -0.2) is 23.7 Å². The van der Waals surface area contributed by atoms with Crippen LogP contribution in [0.2, 0.25) is 0 Å². The predicted octanol–water partition coefficient (Wildman–Crippen LogP) is 1.20. The van der Waals surface area contributed by atoms with E-state index in [1.54, 1.807) is 12.1 Å². The van der Waals surface area contributed by atoms with E-state index in [1.165, 1.54) is 12.1 Å². The summed E-state index contributed by atoms with van der Waals surface area (Å²) in [6.45, 7) is 2.69. The second-order valence-corrected chi connectivity index (χ2v) is 3.22. The summed E-state index contributed by atoms with van der Waals surface area (Å²) in [6.07, 6.45) is 0. The number of carboxylic acid groups (broad SMARTS) is 1. The van der Waals surface area contributed by atoms with Gasteiger partial charge in [-0.3, -0.25) is 0 Å². The maximum Gasteiger partial charge on any atom is 0.335 e. The number of aromatic carboxylic acids is 1. The number of carboxylic acids is 1. The van der Waals surface area contributed by atoms with Crippen molar-refractivity contribution < 1.29 is 14.7 Å². The largest absolute Gasteiger partial charge is 0.478 e. The number of rotatable bonds is 4. The first-order valence-corrected chi connectivity index (χ1v) is 4.97. The van der Waals surface area contributed by atoms with Gasteiger partial charge in [-0.15, -0.1) is 0 Å². The second-order valence-electron chi connectivity index (χ2n) is 3.22. The van der Waals surface area contributed by atoms with Gasteiger partial charge < -0.3 is 15.7 Å². The zero-order chi connectivity index (χ0) is 12.0. The highest BCUT2D eigenvalue weighted by molar-refractivity contribution is 5.87. The molecule has 0 aliphatic heterocycles. The number of urea groups is 1. The monoisotopic (exact) mass is 222 g/mol. The van der Waals surface area contributed by atoms with Crippen molar-refractivity contribution in [3.63, 3.8) is 0 Å². The van der Waals surface area contributed by atoms with Gasteiger partial charge in [0.25, 0.3) is 0 Å². The molecule has 2 amide bonds. The maximum atomic E-state index is 11.1. The second kappa shape index (κ2) is 5.75. The molecule has 0 fully saturated rings. The fourth-order valence-corrected chi connectivity index (χ4v) is 1.22. The highest BCUT2D eigenvalue weighted by Gasteiger charge is 2.03. The molecular formula is C11H14N2O3. The lowest BCUT2D eigenvalue weighted by molar-refractivity contribution is 0.0696. The van der Waals surface area contributed by atoms with E-state index in [4.69, 9.17) is 5.11 Å². The zero-order valence-corrected chi connectivity index (χ0v) is 8.99. The average molecular weight is 222 g/mol. The topological polar surface area (TPSA) is 78.4 Å². The molecule has 1 rings (SSSR count). The highest BCUT2D eigenvalue weighted by Crippen LogP contribution is 2.04. The van der Waals surface area contributed by atoms with Crippen molar-refractivity contribution in [2.45, 2.75) is 13.5 Å². The van der Waals surface area contributed by atoms with Gasteiger partial charge in [-0.05, 0) is 24.6 Å². The standard InChI is InChI=1S/C11H14N2O3/c1-2-12-11(16)13-7-8-4-3-5-9(6-8)10(14)15/h3-6H,2,7H2,1H3,(H,14,15)(H2,12,13,16). The zero-order valence-electron chi connectivity index (χ0n) is 8.99. The Morgan fingerprint density at radius 2 is 2.06 bits per heavy atom. The number of carbonyl (C=O) groups is 2. The molecule has 0 saturated carbocycles. The molecule has 5 nitrogen and oxygen atoms in total. The summed E-state index contributed by atoms with van der Waals surface area (Å²) in [5, 5.41) is 14.0. The molecule has 0 aromatic heterocycles. The molecule has 86 valence electrons. The van der Waals surface area contributed by atoms with E-state index in [9.17, 15) is 9.59 Å². The van der Waals surface area contributed by atoms with Crippen molar-refractivity contribution in [3.05, 3.63) is 35.4 Å². The van der Waals surface area contributed by atoms with Crippen molar-refractivity contribution >= 4 is 12.0 Å². The summed E-state index contributed by atoms with van der Waals surface area (Å²) in [5.74, 6) is -0.972. The van der Waals surface area contributed by atoms with Gasteiger partial charge in [-0.2, -0.15) is 0 Å². The molecule has 1 aromatic rings. The minimum absolute atomic E-state index is 0.218. The molecule has 0 aliphatic rings. The molecule has 0 saturated heterocycles. The summed E-state index contributed by atoms with van der Waals surface area (Å²) in [4.78, 5) is 21.8. The van der Waals surface area contributed by atoms with Crippen LogP contribution in [0.15, 0.2) is 24.3 Å². The van der Waals surface area contributed by atoms with Gasteiger partial charge in [0.1, 0.15) is 0 Å². The minimum atomic E-state index is -0.972. The number of hydrogen-bond donors (Lipinski definition) is 3. The molecule has 5 heteroatoms. The van der Waals surface area contributed by atoms with Gasteiger partial charge >= 0.3 is 12.0 Å².